The summed E-state index contributed by atoms with van der Waals surface area (Å²) in [7, 11) is 0. The lowest BCUT2D eigenvalue weighted by atomic mass is 9.83. The molecule has 3 rings (SSSR count). The zero-order valence-corrected chi connectivity index (χ0v) is 7.58. The summed E-state index contributed by atoms with van der Waals surface area (Å²) in [6.07, 6.45) is 4.40. The van der Waals surface area contributed by atoms with Crippen LogP contribution in [0, 0.1) is 5.92 Å². The van der Waals surface area contributed by atoms with Gasteiger partial charge >= 0.3 is 0 Å². The summed E-state index contributed by atoms with van der Waals surface area (Å²) < 4.78 is 1.10. The average Bonchev–Trinajstić information content (AvgIpc) is 2.05. The summed E-state index contributed by atoms with van der Waals surface area (Å²) >= 11 is 0. The zero-order chi connectivity index (χ0) is 8.60. The summed E-state index contributed by atoms with van der Waals surface area (Å²) in [5.41, 5.74) is 0. The molecule has 3 aliphatic rings. The Kier molecular flexibility index (Phi) is 1.97. The molecule has 1 atom stereocenters. The first kappa shape index (κ1) is 8.27. The minimum Gasteiger partial charge on any atom is -0.387 e. The van der Waals surface area contributed by atoms with Crippen molar-refractivity contribution in [2.75, 3.05) is 26.2 Å². The Morgan fingerprint density at radius 3 is 2.58 bits per heavy atom. The number of quaternary nitrogens is 1. The molecule has 0 spiro atoms. The topological polar surface area (TPSA) is 20.2 Å². The lowest BCUT2D eigenvalue weighted by Gasteiger charge is -2.50. The normalized spacial score (nSPS) is 46.1. The second-order valence-electron chi connectivity index (χ2n) is 4.35. The van der Waals surface area contributed by atoms with Crippen LogP contribution in [-0.4, -0.2) is 41.9 Å². The lowest BCUT2D eigenvalue weighted by Crippen LogP contribution is -2.63. The van der Waals surface area contributed by atoms with Gasteiger partial charge in [0.2, 0.25) is 0 Å². The van der Waals surface area contributed by atoms with Crippen LogP contribution in [0.5, 0.6) is 0 Å². The van der Waals surface area contributed by atoms with Gasteiger partial charge in [0.15, 0.2) is 0 Å². The van der Waals surface area contributed by atoms with Gasteiger partial charge in [-0.15, -0.1) is 0 Å². The molecule has 0 aliphatic carbocycles. The van der Waals surface area contributed by atoms with Gasteiger partial charge in [-0.1, -0.05) is 6.58 Å². The maximum atomic E-state index is 9.74. The van der Waals surface area contributed by atoms with E-state index in [-0.39, 0.29) is 6.10 Å². The first-order valence-corrected chi connectivity index (χ1v) is 4.90. The molecule has 0 aromatic carbocycles. The Morgan fingerprint density at radius 1 is 1.42 bits per heavy atom. The van der Waals surface area contributed by atoms with Gasteiger partial charge in [-0.25, -0.2) is 0 Å². The van der Waals surface area contributed by atoms with E-state index in [0.29, 0.717) is 5.92 Å². The first-order chi connectivity index (χ1) is 5.76. The monoisotopic (exact) mass is 168 g/mol. The van der Waals surface area contributed by atoms with Crippen molar-refractivity contribution in [3.8, 4) is 0 Å². The number of rotatable bonds is 2. The van der Waals surface area contributed by atoms with Crippen molar-refractivity contribution in [1.29, 1.82) is 0 Å². The van der Waals surface area contributed by atoms with E-state index in [1.807, 2.05) is 6.08 Å². The first-order valence-electron chi connectivity index (χ1n) is 4.90. The molecule has 1 unspecified atom stereocenters. The largest absolute Gasteiger partial charge is 0.387 e. The summed E-state index contributed by atoms with van der Waals surface area (Å²) in [5, 5.41) is 9.74. The fraction of sp³-hybridized carbons (Fsp3) is 0.800. The third-order valence-electron chi connectivity index (χ3n) is 3.58. The van der Waals surface area contributed by atoms with Crippen LogP contribution in [0.1, 0.15) is 12.8 Å². The lowest BCUT2D eigenvalue weighted by molar-refractivity contribution is -0.941. The summed E-state index contributed by atoms with van der Waals surface area (Å²) in [6.45, 7) is 8.32. The van der Waals surface area contributed by atoms with Crippen LogP contribution >= 0.6 is 0 Å². The SMILES string of the molecule is C=CC[N+]12CCC(CC1)C(O)C2. The van der Waals surface area contributed by atoms with Gasteiger partial charge in [0.1, 0.15) is 12.6 Å². The molecule has 0 radical (unpaired) electrons. The molecular weight excluding hydrogens is 150 g/mol. The van der Waals surface area contributed by atoms with Crippen LogP contribution in [0.15, 0.2) is 12.7 Å². The van der Waals surface area contributed by atoms with Gasteiger partial charge < -0.3 is 9.59 Å². The number of piperidine rings is 3. The minimum atomic E-state index is -0.0348. The number of aliphatic hydroxyl groups excluding tert-OH is 1. The van der Waals surface area contributed by atoms with Gasteiger partial charge in [-0.2, -0.15) is 0 Å². The molecule has 12 heavy (non-hydrogen) atoms. The summed E-state index contributed by atoms with van der Waals surface area (Å²) in [6, 6.07) is 0. The number of hydrogen-bond acceptors (Lipinski definition) is 1. The molecule has 2 heteroatoms. The highest BCUT2D eigenvalue weighted by atomic mass is 16.3. The van der Waals surface area contributed by atoms with E-state index in [9.17, 15) is 5.11 Å². The van der Waals surface area contributed by atoms with E-state index in [1.54, 1.807) is 0 Å². The highest BCUT2D eigenvalue weighted by molar-refractivity contribution is 4.81. The standard InChI is InChI=1S/C10H18NO/c1-2-5-11-6-3-9(4-7-11)10(12)8-11/h2,9-10,12H,1,3-8H2/q+1. The molecule has 1 N–H and O–H groups in total. The van der Waals surface area contributed by atoms with E-state index in [2.05, 4.69) is 6.58 Å². The van der Waals surface area contributed by atoms with Crippen LogP contribution in [0.2, 0.25) is 0 Å². The van der Waals surface area contributed by atoms with E-state index >= 15 is 0 Å². The van der Waals surface area contributed by atoms with E-state index in [1.165, 1.54) is 25.9 Å². The van der Waals surface area contributed by atoms with Crippen molar-refractivity contribution in [1.82, 2.24) is 0 Å². The Hall–Kier alpha value is -0.340. The average molecular weight is 168 g/mol. The van der Waals surface area contributed by atoms with Gasteiger partial charge in [-0.05, 0) is 6.08 Å². The maximum Gasteiger partial charge on any atom is 0.106 e. The Bertz CT molecular complexity index is 182. The predicted molar refractivity (Wildman–Crippen MR) is 48.7 cm³/mol. The number of fused-ring (bicyclic) bond motifs is 3. The smallest absolute Gasteiger partial charge is 0.106 e. The summed E-state index contributed by atoms with van der Waals surface area (Å²) in [4.78, 5) is 0. The zero-order valence-electron chi connectivity index (χ0n) is 7.58. The molecule has 0 amide bonds. The molecule has 3 saturated heterocycles. The second kappa shape index (κ2) is 2.86. The highest BCUT2D eigenvalue weighted by Crippen LogP contribution is 2.33. The quantitative estimate of drug-likeness (QED) is 0.477. The minimum absolute atomic E-state index is 0.0348. The molecule has 2 bridgehead atoms. The van der Waals surface area contributed by atoms with Gasteiger partial charge in [0.25, 0.3) is 0 Å². The third-order valence-corrected chi connectivity index (χ3v) is 3.58. The van der Waals surface area contributed by atoms with E-state index in [4.69, 9.17) is 0 Å². The summed E-state index contributed by atoms with van der Waals surface area (Å²) in [5.74, 6) is 0.606. The van der Waals surface area contributed by atoms with Crippen LogP contribution < -0.4 is 0 Å². The van der Waals surface area contributed by atoms with Crippen LogP contribution in [0.3, 0.4) is 0 Å². The van der Waals surface area contributed by atoms with Gasteiger partial charge in [-0.3, -0.25) is 0 Å². The van der Waals surface area contributed by atoms with E-state index < -0.39 is 0 Å². The molecular formula is C10H18NO+. The molecule has 2 nitrogen and oxygen atoms in total. The second-order valence-corrected chi connectivity index (χ2v) is 4.35. The van der Waals surface area contributed by atoms with Gasteiger partial charge in [0.05, 0.1) is 19.6 Å². The fourth-order valence-corrected chi connectivity index (χ4v) is 2.78. The highest BCUT2D eigenvalue weighted by Gasteiger charge is 2.44. The predicted octanol–water partition coefficient (Wildman–Crippen LogP) is 0.774. The number of aliphatic hydroxyl groups is 1. The van der Waals surface area contributed by atoms with Crippen molar-refractivity contribution >= 4 is 0 Å². The van der Waals surface area contributed by atoms with Crippen molar-refractivity contribution < 1.29 is 9.59 Å². The van der Waals surface area contributed by atoms with Crippen molar-refractivity contribution in [2.24, 2.45) is 5.92 Å². The molecule has 68 valence electrons. The number of hydrogen-bond donors (Lipinski definition) is 1. The fourth-order valence-electron chi connectivity index (χ4n) is 2.78. The van der Waals surface area contributed by atoms with Crippen LogP contribution in [0.4, 0.5) is 0 Å². The maximum absolute atomic E-state index is 9.74. The molecule has 3 heterocycles. The molecule has 0 aromatic heterocycles. The Balaban J connectivity index is 2.10. The van der Waals surface area contributed by atoms with Crippen molar-refractivity contribution in [3.63, 3.8) is 0 Å². The Labute approximate surface area is 74.1 Å². The number of nitrogens with zero attached hydrogens (tertiary/aromatic N) is 1. The van der Waals surface area contributed by atoms with Crippen LogP contribution in [-0.2, 0) is 0 Å². The molecule has 0 aromatic rings. The van der Waals surface area contributed by atoms with Gasteiger partial charge in [0, 0.05) is 18.8 Å². The third kappa shape index (κ3) is 1.19. The van der Waals surface area contributed by atoms with E-state index in [0.717, 1.165) is 17.6 Å². The molecule has 3 aliphatic heterocycles. The van der Waals surface area contributed by atoms with Crippen molar-refractivity contribution in [3.05, 3.63) is 12.7 Å². The van der Waals surface area contributed by atoms with Crippen LogP contribution in [0.25, 0.3) is 0 Å². The molecule has 0 saturated carbocycles. The van der Waals surface area contributed by atoms with Crippen molar-refractivity contribution in [2.45, 2.75) is 18.9 Å². The Morgan fingerprint density at radius 2 is 2.08 bits per heavy atom. The molecule has 3 fully saturated rings.